The van der Waals surface area contributed by atoms with Gasteiger partial charge in [-0.05, 0) is 10.8 Å². The first kappa shape index (κ1) is 10.6. The third kappa shape index (κ3) is 2.24. The highest BCUT2D eigenvalue weighted by Gasteiger charge is 2.33. The van der Waals surface area contributed by atoms with Crippen LogP contribution in [0.4, 0.5) is 0 Å². The highest BCUT2D eigenvalue weighted by Crippen LogP contribution is 2.43. The first-order valence-electron chi connectivity index (χ1n) is 5.12. The summed E-state index contributed by atoms with van der Waals surface area (Å²) < 4.78 is 0. The summed E-state index contributed by atoms with van der Waals surface area (Å²) in [5.41, 5.74) is 2.23. The molecule has 0 fully saturated rings. The molecule has 0 aromatic carbocycles. The van der Waals surface area contributed by atoms with Crippen molar-refractivity contribution in [2.24, 2.45) is 16.7 Å². The van der Waals surface area contributed by atoms with Crippen LogP contribution in [0.2, 0.25) is 0 Å². The van der Waals surface area contributed by atoms with Gasteiger partial charge in [-0.25, -0.2) is 0 Å². The molecule has 0 heteroatoms. The van der Waals surface area contributed by atoms with Crippen LogP contribution in [0.5, 0.6) is 0 Å². The van der Waals surface area contributed by atoms with Crippen LogP contribution in [0.1, 0.15) is 41.5 Å². The van der Waals surface area contributed by atoms with E-state index in [0.29, 0.717) is 16.7 Å². The molecule has 0 nitrogen and oxygen atoms in total. The first-order chi connectivity index (χ1) is 5.73. The SMILES string of the molecule is CC(C)(C)C1=CC=CC1C(C)(C)C. The molecule has 0 aromatic heterocycles. The Kier molecular flexibility index (Phi) is 2.44. The van der Waals surface area contributed by atoms with Crippen LogP contribution in [0, 0.1) is 16.7 Å². The van der Waals surface area contributed by atoms with Crippen LogP contribution in [0.15, 0.2) is 23.8 Å². The maximum atomic E-state index is 2.33. The average Bonchev–Trinajstić information content (AvgIpc) is 2.27. The summed E-state index contributed by atoms with van der Waals surface area (Å²) in [4.78, 5) is 0. The molecule has 0 saturated carbocycles. The van der Waals surface area contributed by atoms with Crippen LogP contribution in [0.3, 0.4) is 0 Å². The number of hydrogen-bond acceptors (Lipinski definition) is 0. The van der Waals surface area contributed by atoms with Crippen molar-refractivity contribution >= 4 is 0 Å². The average molecular weight is 178 g/mol. The summed E-state index contributed by atoms with van der Waals surface area (Å²) in [6.45, 7) is 13.8. The molecule has 0 aliphatic heterocycles. The quantitative estimate of drug-likeness (QED) is 0.521. The van der Waals surface area contributed by atoms with Gasteiger partial charge in [-0.15, -0.1) is 0 Å². The number of hydrogen-bond donors (Lipinski definition) is 0. The second-order valence-corrected chi connectivity index (χ2v) is 6.10. The molecule has 0 heterocycles. The summed E-state index contributed by atoms with van der Waals surface area (Å²) >= 11 is 0. The van der Waals surface area contributed by atoms with E-state index in [2.05, 4.69) is 59.8 Å². The van der Waals surface area contributed by atoms with Gasteiger partial charge < -0.3 is 0 Å². The van der Waals surface area contributed by atoms with Gasteiger partial charge in [-0.1, -0.05) is 65.3 Å². The molecule has 1 aliphatic carbocycles. The second-order valence-electron chi connectivity index (χ2n) is 6.10. The lowest BCUT2D eigenvalue weighted by Gasteiger charge is -2.35. The predicted octanol–water partition coefficient (Wildman–Crippen LogP) is 4.19. The van der Waals surface area contributed by atoms with Crippen molar-refractivity contribution in [1.82, 2.24) is 0 Å². The molecule has 1 atom stereocenters. The molecule has 1 unspecified atom stereocenters. The van der Waals surface area contributed by atoms with Gasteiger partial charge in [0.2, 0.25) is 0 Å². The van der Waals surface area contributed by atoms with Crippen molar-refractivity contribution in [3.05, 3.63) is 23.8 Å². The highest BCUT2D eigenvalue weighted by molar-refractivity contribution is 5.33. The monoisotopic (exact) mass is 178 g/mol. The Morgan fingerprint density at radius 2 is 1.54 bits per heavy atom. The van der Waals surface area contributed by atoms with Gasteiger partial charge in [0, 0.05) is 5.92 Å². The number of rotatable bonds is 0. The topological polar surface area (TPSA) is 0 Å². The largest absolute Gasteiger partial charge is 0.0768 e. The predicted molar refractivity (Wildman–Crippen MR) is 59.6 cm³/mol. The van der Waals surface area contributed by atoms with Crippen molar-refractivity contribution in [2.45, 2.75) is 41.5 Å². The zero-order valence-electron chi connectivity index (χ0n) is 9.81. The van der Waals surface area contributed by atoms with Gasteiger partial charge in [-0.2, -0.15) is 0 Å². The summed E-state index contributed by atoms with van der Waals surface area (Å²) in [6, 6.07) is 0. The van der Waals surface area contributed by atoms with Crippen LogP contribution >= 0.6 is 0 Å². The van der Waals surface area contributed by atoms with Crippen LogP contribution in [-0.4, -0.2) is 0 Å². The molecule has 1 rings (SSSR count). The summed E-state index contributed by atoms with van der Waals surface area (Å²) in [7, 11) is 0. The molecule has 0 bridgehead atoms. The Morgan fingerprint density at radius 3 is 1.85 bits per heavy atom. The smallest absolute Gasteiger partial charge is 0.00368 e. The molecule has 1 aliphatic rings. The van der Waals surface area contributed by atoms with Crippen molar-refractivity contribution < 1.29 is 0 Å². The Labute approximate surface area is 82.7 Å². The lowest BCUT2D eigenvalue weighted by Crippen LogP contribution is -2.25. The highest BCUT2D eigenvalue weighted by atomic mass is 14.4. The van der Waals surface area contributed by atoms with Gasteiger partial charge in [0.15, 0.2) is 0 Å². The molecule has 74 valence electrons. The number of allylic oxidation sites excluding steroid dienone is 4. The molecule has 0 N–H and O–H groups in total. The van der Waals surface area contributed by atoms with Crippen LogP contribution in [-0.2, 0) is 0 Å². The molecular formula is C13H22. The normalized spacial score (nSPS) is 23.5. The molecule has 0 aromatic rings. The molecule has 13 heavy (non-hydrogen) atoms. The van der Waals surface area contributed by atoms with Crippen molar-refractivity contribution in [3.63, 3.8) is 0 Å². The Bertz CT molecular complexity index is 240. The maximum Gasteiger partial charge on any atom is 0.00368 e. The maximum absolute atomic E-state index is 2.33. The van der Waals surface area contributed by atoms with Gasteiger partial charge >= 0.3 is 0 Å². The molecule has 0 spiro atoms. The van der Waals surface area contributed by atoms with E-state index in [4.69, 9.17) is 0 Å². The van der Waals surface area contributed by atoms with Gasteiger partial charge in [-0.3, -0.25) is 0 Å². The van der Waals surface area contributed by atoms with E-state index < -0.39 is 0 Å². The van der Waals surface area contributed by atoms with Crippen LogP contribution in [0.25, 0.3) is 0 Å². The minimum Gasteiger partial charge on any atom is -0.0768 e. The second kappa shape index (κ2) is 3.01. The van der Waals surface area contributed by atoms with E-state index in [1.54, 1.807) is 5.57 Å². The minimum absolute atomic E-state index is 0.307. The Morgan fingerprint density at radius 1 is 1.00 bits per heavy atom. The van der Waals surface area contributed by atoms with Crippen molar-refractivity contribution in [1.29, 1.82) is 0 Å². The zero-order valence-corrected chi connectivity index (χ0v) is 9.81. The lowest BCUT2D eigenvalue weighted by molar-refractivity contribution is 0.292. The summed E-state index contributed by atoms with van der Waals surface area (Å²) in [5, 5.41) is 0. The van der Waals surface area contributed by atoms with Gasteiger partial charge in [0.25, 0.3) is 0 Å². The van der Waals surface area contributed by atoms with Crippen molar-refractivity contribution in [2.75, 3.05) is 0 Å². The fourth-order valence-corrected chi connectivity index (χ4v) is 1.95. The van der Waals surface area contributed by atoms with Crippen molar-refractivity contribution in [3.8, 4) is 0 Å². The Hall–Kier alpha value is -0.520. The van der Waals surface area contributed by atoms with Gasteiger partial charge in [0.05, 0.1) is 0 Å². The Balaban J connectivity index is 2.92. The molecule has 0 saturated heterocycles. The molecule has 0 radical (unpaired) electrons. The fraction of sp³-hybridized carbons (Fsp3) is 0.692. The third-order valence-electron chi connectivity index (χ3n) is 2.71. The van der Waals surface area contributed by atoms with E-state index in [-0.39, 0.29) is 0 Å². The summed E-state index contributed by atoms with van der Waals surface area (Å²) in [6.07, 6.45) is 6.83. The minimum atomic E-state index is 0.307. The van der Waals surface area contributed by atoms with E-state index in [9.17, 15) is 0 Å². The standard InChI is InChI=1S/C13H22/c1-12(2,3)10-8-7-9-11(10)13(4,5)6/h7-10H,1-6H3. The summed E-state index contributed by atoms with van der Waals surface area (Å²) in [5.74, 6) is 0.618. The van der Waals surface area contributed by atoms with Crippen LogP contribution < -0.4 is 0 Å². The molecule has 0 amide bonds. The van der Waals surface area contributed by atoms with E-state index in [1.165, 1.54) is 0 Å². The first-order valence-corrected chi connectivity index (χ1v) is 5.12. The lowest BCUT2D eigenvalue weighted by atomic mass is 9.70. The zero-order chi connectivity index (χ0) is 10.3. The van der Waals surface area contributed by atoms with E-state index in [0.717, 1.165) is 0 Å². The third-order valence-corrected chi connectivity index (χ3v) is 2.71. The molecular weight excluding hydrogens is 156 g/mol. The van der Waals surface area contributed by atoms with Gasteiger partial charge in [0.1, 0.15) is 0 Å². The van der Waals surface area contributed by atoms with E-state index >= 15 is 0 Å². The fourth-order valence-electron chi connectivity index (χ4n) is 1.95. The van der Waals surface area contributed by atoms with E-state index in [1.807, 2.05) is 0 Å².